The Morgan fingerprint density at radius 2 is 1.69 bits per heavy atom. The number of hydrogen-bond donors (Lipinski definition) is 1. The molecule has 4 nitrogen and oxygen atoms in total. The van der Waals surface area contributed by atoms with E-state index in [2.05, 4.69) is 72.8 Å². The summed E-state index contributed by atoms with van der Waals surface area (Å²) in [6.45, 7) is 5.39. The molecule has 3 aromatic carbocycles. The molecular formula is C25H25N3O. The minimum absolute atomic E-state index is 0.0689. The summed E-state index contributed by atoms with van der Waals surface area (Å²) in [7, 11) is 1.72. The van der Waals surface area contributed by atoms with E-state index >= 15 is 0 Å². The lowest BCUT2D eigenvalue weighted by Crippen LogP contribution is -2.43. The molecule has 0 saturated carbocycles. The third-order valence-electron chi connectivity index (χ3n) is 6.29. The minimum Gasteiger partial charge on any atom is -0.495 e. The van der Waals surface area contributed by atoms with Crippen LogP contribution in [0.5, 0.6) is 5.75 Å². The van der Waals surface area contributed by atoms with E-state index in [1.54, 1.807) is 7.11 Å². The van der Waals surface area contributed by atoms with Gasteiger partial charge in [-0.2, -0.15) is 0 Å². The van der Waals surface area contributed by atoms with Crippen molar-refractivity contribution in [1.82, 2.24) is 4.98 Å². The number of fused-ring (bicyclic) bond motifs is 4. The molecule has 1 aromatic heterocycles. The van der Waals surface area contributed by atoms with E-state index in [9.17, 15) is 0 Å². The highest BCUT2D eigenvalue weighted by Crippen LogP contribution is 2.41. The van der Waals surface area contributed by atoms with Gasteiger partial charge in [-0.25, -0.2) is 4.98 Å². The number of nitrogens with zero attached hydrogens (tertiary/aromatic N) is 2. The van der Waals surface area contributed by atoms with E-state index in [0.29, 0.717) is 0 Å². The third kappa shape index (κ3) is 2.70. The maximum atomic E-state index is 5.67. The van der Waals surface area contributed by atoms with Crippen molar-refractivity contribution in [3.05, 3.63) is 72.3 Å². The van der Waals surface area contributed by atoms with Crippen molar-refractivity contribution in [2.45, 2.75) is 25.7 Å². The number of para-hydroxylation sites is 3. The summed E-state index contributed by atoms with van der Waals surface area (Å²) in [6.07, 6.45) is 1.00. The molecule has 0 saturated heterocycles. The second-order valence-corrected chi connectivity index (χ2v) is 7.99. The first-order valence-electron chi connectivity index (χ1n) is 10.1. The Kier molecular flexibility index (Phi) is 4.09. The van der Waals surface area contributed by atoms with E-state index in [4.69, 9.17) is 9.72 Å². The first-order valence-corrected chi connectivity index (χ1v) is 10.1. The zero-order chi connectivity index (χ0) is 20.0. The van der Waals surface area contributed by atoms with Gasteiger partial charge in [-0.15, -0.1) is 0 Å². The maximum absolute atomic E-state index is 5.67. The average Bonchev–Trinajstić information content (AvgIpc) is 2.77. The number of rotatable bonds is 3. The maximum Gasteiger partial charge on any atom is 0.153 e. The Morgan fingerprint density at radius 3 is 2.48 bits per heavy atom. The van der Waals surface area contributed by atoms with E-state index in [1.165, 1.54) is 16.3 Å². The van der Waals surface area contributed by atoms with Gasteiger partial charge in [-0.1, -0.05) is 68.4 Å². The fraction of sp³-hybridized carbons (Fsp3) is 0.240. The van der Waals surface area contributed by atoms with Crippen molar-refractivity contribution < 1.29 is 4.74 Å². The zero-order valence-electron chi connectivity index (χ0n) is 17.1. The molecule has 0 aliphatic carbocycles. The summed E-state index contributed by atoms with van der Waals surface area (Å²) >= 11 is 0. The van der Waals surface area contributed by atoms with E-state index in [0.717, 1.165) is 41.1 Å². The lowest BCUT2D eigenvalue weighted by Gasteiger charge is -2.39. The van der Waals surface area contributed by atoms with Gasteiger partial charge in [0, 0.05) is 22.7 Å². The normalized spacial score (nSPS) is 18.5. The first kappa shape index (κ1) is 17.8. The second-order valence-electron chi connectivity index (χ2n) is 7.99. The lowest BCUT2D eigenvalue weighted by molar-refractivity contribution is 0.410. The minimum atomic E-state index is -0.0689. The van der Waals surface area contributed by atoms with Crippen molar-refractivity contribution in [3.8, 4) is 5.75 Å². The van der Waals surface area contributed by atoms with Gasteiger partial charge in [-0.3, -0.25) is 10.4 Å². The molecule has 1 N–H and O–H groups in total. The number of aromatic nitrogens is 1. The highest BCUT2D eigenvalue weighted by Gasteiger charge is 2.33. The van der Waals surface area contributed by atoms with E-state index in [1.807, 2.05) is 18.2 Å². The molecule has 1 unspecified atom stereocenters. The molecule has 2 bridgehead atoms. The number of benzene rings is 3. The number of methoxy groups -OCH3 is 1. The fourth-order valence-electron chi connectivity index (χ4n) is 4.45. The van der Waals surface area contributed by atoms with Gasteiger partial charge in [-0.05, 0) is 29.5 Å². The smallest absolute Gasteiger partial charge is 0.153 e. The lowest BCUT2D eigenvalue weighted by atomic mass is 9.78. The summed E-state index contributed by atoms with van der Waals surface area (Å²) in [4.78, 5) is 5.12. The van der Waals surface area contributed by atoms with Crippen LogP contribution in [0.3, 0.4) is 0 Å². The van der Waals surface area contributed by atoms with Crippen LogP contribution in [0, 0.1) is 0 Å². The largest absolute Gasteiger partial charge is 0.495 e. The predicted molar refractivity (Wildman–Crippen MR) is 121 cm³/mol. The Hall–Kier alpha value is -3.27. The van der Waals surface area contributed by atoms with Crippen molar-refractivity contribution in [3.63, 3.8) is 0 Å². The van der Waals surface area contributed by atoms with Gasteiger partial charge < -0.3 is 4.74 Å². The Morgan fingerprint density at radius 1 is 0.966 bits per heavy atom. The summed E-state index contributed by atoms with van der Waals surface area (Å²) in [5.74, 6) is 1.72. The molecule has 5 rings (SSSR count). The SMILES string of the molecule is CCC1(C)CN(c2ccccc2OC)Nc2nc3c1cccc3c1ccccc21. The van der Waals surface area contributed by atoms with Crippen LogP contribution in [0.1, 0.15) is 25.8 Å². The van der Waals surface area contributed by atoms with E-state index in [-0.39, 0.29) is 5.41 Å². The van der Waals surface area contributed by atoms with Crippen LogP contribution in [0.25, 0.3) is 21.7 Å². The van der Waals surface area contributed by atoms with Gasteiger partial charge in [0.1, 0.15) is 5.75 Å². The predicted octanol–water partition coefficient (Wildman–Crippen LogP) is 5.91. The fourth-order valence-corrected chi connectivity index (χ4v) is 4.45. The number of nitrogens with one attached hydrogen (secondary N) is 1. The Labute approximate surface area is 171 Å². The summed E-state index contributed by atoms with van der Waals surface area (Å²) in [5.41, 5.74) is 6.97. The standard InChI is InChI=1S/C25H25N3O/c1-4-25(2)16-28(21-14-7-8-15-22(21)29-3)27-24-19-11-6-5-10-17(19)18-12-9-13-20(25)23(18)26-24/h5-15H,4,16H2,1-3H3,(H,26,27). The average molecular weight is 383 g/mol. The summed E-state index contributed by atoms with van der Waals surface area (Å²) in [5, 5.41) is 5.76. The number of hydrogen-bond acceptors (Lipinski definition) is 4. The Bertz CT molecular complexity index is 1220. The number of ether oxygens (including phenoxy) is 1. The molecule has 29 heavy (non-hydrogen) atoms. The van der Waals surface area contributed by atoms with Gasteiger partial charge in [0.25, 0.3) is 0 Å². The molecule has 4 aromatic rings. The van der Waals surface area contributed by atoms with Crippen molar-refractivity contribution in [1.29, 1.82) is 0 Å². The van der Waals surface area contributed by atoms with Crippen molar-refractivity contribution >= 4 is 33.2 Å². The summed E-state index contributed by atoms with van der Waals surface area (Å²) in [6, 6.07) is 23.2. The van der Waals surface area contributed by atoms with Crippen LogP contribution in [0.4, 0.5) is 11.5 Å². The highest BCUT2D eigenvalue weighted by molar-refractivity contribution is 6.11. The quantitative estimate of drug-likeness (QED) is 0.446. The molecule has 1 atom stereocenters. The van der Waals surface area contributed by atoms with Gasteiger partial charge in [0.15, 0.2) is 5.82 Å². The molecule has 146 valence electrons. The van der Waals surface area contributed by atoms with Gasteiger partial charge >= 0.3 is 0 Å². The zero-order valence-corrected chi connectivity index (χ0v) is 17.1. The monoisotopic (exact) mass is 383 g/mol. The molecule has 1 aliphatic heterocycles. The second kappa shape index (κ2) is 6.66. The molecule has 1 aliphatic rings. The van der Waals surface area contributed by atoms with Crippen LogP contribution in [-0.4, -0.2) is 18.6 Å². The molecule has 0 spiro atoms. The van der Waals surface area contributed by atoms with Crippen LogP contribution >= 0.6 is 0 Å². The van der Waals surface area contributed by atoms with E-state index < -0.39 is 0 Å². The number of pyridine rings is 1. The van der Waals surface area contributed by atoms with Crippen molar-refractivity contribution in [2.75, 3.05) is 24.1 Å². The molecule has 0 fully saturated rings. The van der Waals surface area contributed by atoms with Gasteiger partial charge in [0.2, 0.25) is 0 Å². The molecular weight excluding hydrogens is 358 g/mol. The highest BCUT2D eigenvalue weighted by atomic mass is 16.5. The van der Waals surface area contributed by atoms with Crippen LogP contribution < -0.4 is 15.2 Å². The molecule has 0 amide bonds. The topological polar surface area (TPSA) is 37.4 Å². The molecule has 2 heterocycles. The molecule has 4 heteroatoms. The summed E-state index contributed by atoms with van der Waals surface area (Å²) < 4.78 is 5.67. The van der Waals surface area contributed by atoms with Crippen molar-refractivity contribution in [2.24, 2.45) is 0 Å². The van der Waals surface area contributed by atoms with Crippen LogP contribution in [0.15, 0.2) is 66.7 Å². The third-order valence-corrected chi connectivity index (χ3v) is 6.29. The Balaban J connectivity index is 1.83. The number of anilines is 2. The van der Waals surface area contributed by atoms with Crippen LogP contribution in [0.2, 0.25) is 0 Å². The number of hydrazine groups is 1. The first-order chi connectivity index (χ1) is 14.1. The van der Waals surface area contributed by atoms with Crippen LogP contribution in [-0.2, 0) is 5.41 Å². The molecule has 0 radical (unpaired) electrons. The van der Waals surface area contributed by atoms with Gasteiger partial charge in [0.05, 0.1) is 18.3 Å².